The average Bonchev–Trinajstić information content (AvgIpc) is 2.34. The summed E-state index contributed by atoms with van der Waals surface area (Å²) < 4.78 is 0. The van der Waals surface area contributed by atoms with Crippen LogP contribution in [-0.2, 0) is 0 Å². The van der Waals surface area contributed by atoms with E-state index in [1.54, 1.807) is 6.20 Å². The van der Waals surface area contributed by atoms with Gasteiger partial charge in [0.15, 0.2) is 5.11 Å². The first-order valence-electron chi connectivity index (χ1n) is 5.61. The van der Waals surface area contributed by atoms with Crippen molar-refractivity contribution in [2.75, 3.05) is 18.4 Å². The molecule has 0 atom stereocenters. The summed E-state index contributed by atoms with van der Waals surface area (Å²) in [4.78, 5) is 14.3. The molecule has 4 N–H and O–H groups in total. The molecule has 0 aliphatic rings. The number of amides is 1. The molecule has 7 heteroatoms. The number of unbranched alkanes of at least 4 members (excludes halogenated alkanes) is 1. The van der Waals surface area contributed by atoms with Crippen LogP contribution in [0.15, 0.2) is 24.4 Å². The second-order valence-corrected chi connectivity index (χ2v) is 3.94. The fraction of sp³-hybridized carbons (Fsp3) is 0.364. The van der Waals surface area contributed by atoms with E-state index < -0.39 is 6.09 Å². The molecule has 0 fully saturated rings. The highest BCUT2D eigenvalue weighted by molar-refractivity contribution is 7.80. The van der Waals surface area contributed by atoms with Crippen molar-refractivity contribution in [3.05, 3.63) is 24.4 Å². The van der Waals surface area contributed by atoms with E-state index in [2.05, 4.69) is 20.9 Å². The number of thiocarbonyl (C=S) groups is 1. The third-order valence-corrected chi connectivity index (χ3v) is 2.32. The molecule has 0 radical (unpaired) electrons. The Labute approximate surface area is 111 Å². The minimum atomic E-state index is -0.990. The maximum absolute atomic E-state index is 10.2. The molecule has 6 nitrogen and oxygen atoms in total. The van der Waals surface area contributed by atoms with E-state index in [9.17, 15) is 4.79 Å². The zero-order valence-electron chi connectivity index (χ0n) is 9.85. The molecular formula is C11H16N4O2S. The number of rotatable bonds is 6. The Kier molecular flexibility index (Phi) is 6.49. The first-order valence-corrected chi connectivity index (χ1v) is 6.02. The predicted molar refractivity (Wildman–Crippen MR) is 73.7 cm³/mol. The van der Waals surface area contributed by atoms with Gasteiger partial charge in [0.05, 0.1) is 0 Å². The highest BCUT2D eigenvalue weighted by Crippen LogP contribution is 1.99. The van der Waals surface area contributed by atoms with E-state index in [0.29, 0.717) is 24.0 Å². The largest absolute Gasteiger partial charge is 0.465 e. The van der Waals surface area contributed by atoms with Crippen molar-refractivity contribution >= 4 is 29.2 Å². The Bertz CT molecular complexity index is 386. The molecular weight excluding hydrogens is 252 g/mol. The highest BCUT2D eigenvalue weighted by Gasteiger charge is 1.97. The van der Waals surface area contributed by atoms with Gasteiger partial charge < -0.3 is 21.1 Å². The molecule has 0 saturated carbocycles. The Hall–Kier alpha value is -1.89. The standard InChI is InChI=1S/C11H16N4O2S/c16-11(17)14-8-4-3-7-13-10(18)15-9-5-1-2-6-12-9/h1-2,5-6,14H,3-4,7-8H2,(H,16,17)(H2,12,13,15,18). The summed E-state index contributed by atoms with van der Waals surface area (Å²) in [7, 11) is 0. The first kappa shape index (κ1) is 14.2. The monoisotopic (exact) mass is 268 g/mol. The van der Waals surface area contributed by atoms with E-state index in [-0.39, 0.29) is 0 Å². The SMILES string of the molecule is O=C(O)NCCCCNC(=S)Nc1ccccn1. The minimum absolute atomic E-state index is 0.456. The molecule has 0 spiro atoms. The topological polar surface area (TPSA) is 86.3 Å². The second kappa shape index (κ2) is 8.24. The number of pyridine rings is 1. The van der Waals surface area contributed by atoms with Gasteiger partial charge in [0.2, 0.25) is 0 Å². The number of carboxylic acid groups (broad SMARTS) is 1. The van der Waals surface area contributed by atoms with E-state index in [1.165, 1.54) is 0 Å². The Morgan fingerprint density at radius 1 is 1.28 bits per heavy atom. The summed E-state index contributed by atoms with van der Waals surface area (Å²) >= 11 is 5.08. The van der Waals surface area contributed by atoms with Crippen LogP contribution in [0, 0.1) is 0 Å². The zero-order valence-corrected chi connectivity index (χ0v) is 10.7. The number of aromatic nitrogens is 1. The van der Waals surface area contributed by atoms with E-state index in [0.717, 1.165) is 12.8 Å². The second-order valence-electron chi connectivity index (χ2n) is 3.53. The van der Waals surface area contributed by atoms with Crippen molar-refractivity contribution in [3.8, 4) is 0 Å². The highest BCUT2D eigenvalue weighted by atomic mass is 32.1. The zero-order chi connectivity index (χ0) is 13.2. The van der Waals surface area contributed by atoms with Gasteiger partial charge in [-0.2, -0.15) is 0 Å². The van der Waals surface area contributed by atoms with Gasteiger partial charge in [-0.05, 0) is 37.2 Å². The smallest absolute Gasteiger partial charge is 0.404 e. The normalized spacial score (nSPS) is 9.56. The van der Waals surface area contributed by atoms with Gasteiger partial charge in [-0.25, -0.2) is 9.78 Å². The van der Waals surface area contributed by atoms with Crippen LogP contribution in [0.2, 0.25) is 0 Å². The van der Waals surface area contributed by atoms with Gasteiger partial charge >= 0.3 is 6.09 Å². The lowest BCUT2D eigenvalue weighted by Gasteiger charge is -2.09. The molecule has 1 aromatic rings. The van der Waals surface area contributed by atoms with Crippen molar-refractivity contribution in [2.45, 2.75) is 12.8 Å². The van der Waals surface area contributed by atoms with Crippen LogP contribution in [0.4, 0.5) is 10.6 Å². The minimum Gasteiger partial charge on any atom is -0.465 e. The fourth-order valence-corrected chi connectivity index (χ4v) is 1.45. The van der Waals surface area contributed by atoms with E-state index >= 15 is 0 Å². The van der Waals surface area contributed by atoms with Crippen molar-refractivity contribution < 1.29 is 9.90 Å². The van der Waals surface area contributed by atoms with Gasteiger partial charge in [0, 0.05) is 19.3 Å². The summed E-state index contributed by atoms with van der Waals surface area (Å²) in [6.45, 7) is 1.15. The molecule has 0 aromatic carbocycles. The summed E-state index contributed by atoms with van der Waals surface area (Å²) in [5, 5.41) is 17.2. The third kappa shape index (κ3) is 6.64. The fourth-order valence-electron chi connectivity index (χ4n) is 1.24. The van der Waals surface area contributed by atoms with Crippen molar-refractivity contribution in [1.29, 1.82) is 0 Å². The Balaban J connectivity index is 2.05. The Morgan fingerprint density at radius 3 is 2.61 bits per heavy atom. The summed E-state index contributed by atoms with van der Waals surface area (Å²) in [6, 6.07) is 5.53. The van der Waals surface area contributed by atoms with Gasteiger partial charge in [-0.1, -0.05) is 6.07 Å². The molecule has 0 aliphatic heterocycles. The quantitative estimate of drug-likeness (QED) is 0.461. The lowest BCUT2D eigenvalue weighted by atomic mass is 10.3. The lowest BCUT2D eigenvalue weighted by Crippen LogP contribution is -2.30. The molecule has 0 bridgehead atoms. The maximum atomic E-state index is 10.2. The maximum Gasteiger partial charge on any atom is 0.404 e. The van der Waals surface area contributed by atoms with Crippen LogP contribution in [0.3, 0.4) is 0 Å². The predicted octanol–water partition coefficient (Wildman–Crippen LogP) is 1.42. The summed E-state index contributed by atoms with van der Waals surface area (Å²) in [5.41, 5.74) is 0. The first-order chi connectivity index (χ1) is 8.68. The van der Waals surface area contributed by atoms with Gasteiger partial charge in [0.1, 0.15) is 5.82 Å². The molecule has 1 amide bonds. The number of nitrogens with one attached hydrogen (secondary N) is 3. The van der Waals surface area contributed by atoms with Crippen LogP contribution < -0.4 is 16.0 Å². The molecule has 18 heavy (non-hydrogen) atoms. The van der Waals surface area contributed by atoms with Crippen molar-refractivity contribution in [2.24, 2.45) is 0 Å². The van der Waals surface area contributed by atoms with Crippen molar-refractivity contribution in [3.63, 3.8) is 0 Å². The molecule has 0 aliphatic carbocycles. The van der Waals surface area contributed by atoms with Crippen molar-refractivity contribution in [1.82, 2.24) is 15.6 Å². The van der Waals surface area contributed by atoms with Crippen LogP contribution in [0.5, 0.6) is 0 Å². The van der Waals surface area contributed by atoms with Gasteiger partial charge in [0.25, 0.3) is 0 Å². The van der Waals surface area contributed by atoms with E-state index in [4.69, 9.17) is 17.3 Å². The van der Waals surface area contributed by atoms with Crippen LogP contribution in [0.25, 0.3) is 0 Å². The molecule has 0 unspecified atom stereocenters. The summed E-state index contributed by atoms with van der Waals surface area (Å²) in [5.74, 6) is 0.697. The Morgan fingerprint density at radius 2 is 2.00 bits per heavy atom. The lowest BCUT2D eigenvalue weighted by molar-refractivity contribution is 0.194. The number of hydrogen-bond donors (Lipinski definition) is 4. The molecule has 0 saturated heterocycles. The van der Waals surface area contributed by atoms with Gasteiger partial charge in [-0.3, -0.25) is 0 Å². The van der Waals surface area contributed by atoms with Crippen LogP contribution in [0.1, 0.15) is 12.8 Å². The summed E-state index contributed by atoms with van der Waals surface area (Å²) in [6.07, 6.45) is 2.30. The van der Waals surface area contributed by atoms with Crippen LogP contribution in [-0.4, -0.2) is 34.4 Å². The van der Waals surface area contributed by atoms with E-state index in [1.807, 2.05) is 18.2 Å². The third-order valence-electron chi connectivity index (χ3n) is 2.07. The number of hydrogen-bond acceptors (Lipinski definition) is 3. The molecule has 1 heterocycles. The van der Waals surface area contributed by atoms with Crippen LogP contribution >= 0.6 is 12.2 Å². The molecule has 1 aromatic heterocycles. The number of nitrogens with zero attached hydrogens (tertiary/aromatic N) is 1. The molecule has 1 rings (SSSR count). The van der Waals surface area contributed by atoms with Gasteiger partial charge in [-0.15, -0.1) is 0 Å². The average molecular weight is 268 g/mol. The number of anilines is 1. The molecule has 98 valence electrons. The number of carbonyl (C=O) groups is 1.